The minimum absolute atomic E-state index is 0.0864. The number of carbonyl (C=O) groups excluding carboxylic acids is 2. The van der Waals surface area contributed by atoms with Gasteiger partial charge >= 0.3 is 12.1 Å². The van der Waals surface area contributed by atoms with Gasteiger partial charge in [-0.15, -0.1) is 0 Å². The number of esters is 1. The highest BCUT2D eigenvalue weighted by Gasteiger charge is 2.54. The van der Waals surface area contributed by atoms with Crippen molar-refractivity contribution in [2.24, 2.45) is 0 Å². The average Bonchev–Trinajstić information content (AvgIpc) is 3.03. The van der Waals surface area contributed by atoms with Crippen LogP contribution in [-0.4, -0.2) is 68.6 Å². The Morgan fingerprint density at radius 3 is 2.64 bits per heavy atom. The molecule has 1 aromatic rings. The lowest BCUT2D eigenvalue weighted by Gasteiger charge is -2.34. The Hall–Kier alpha value is -2.12. The fourth-order valence-electron chi connectivity index (χ4n) is 4.51. The van der Waals surface area contributed by atoms with Gasteiger partial charge in [0, 0.05) is 19.1 Å². The molecule has 0 unspecified atom stereocenters. The molecule has 0 bridgehead atoms. The Morgan fingerprint density at radius 1 is 1.14 bits per heavy atom. The van der Waals surface area contributed by atoms with Crippen molar-refractivity contribution in [3.05, 3.63) is 35.9 Å². The van der Waals surface area contributed by atoms with Crippen LogP contribution >= 0.6 is 0 Å². The van der Waals surface area contributed by atoms with Crippen molar-refractivity contribution in [2.75, 3.05) is 33.5 Å². The van der Waals surface area contributed by atoms with Gasteiger partial charge in [0.05, 0.1) is 19.3 Å². The number of fused-ring (bicyclic) bond motifs is 1. The highest BCUT2D eigenvalue weighted by atomic mass is 16.6. The first-order valence-electron chi connectivity index (χ1n) is 10.1. The maximum atomic E-state index is 12.9. The van der Waals surface area contributed by atoms with E-state index in [0.717, 1.165) is 31.4 Å². The van der Waals surface area contributed by atoms with Crippen molar-refractivity contribution >= 4 is 12.1 Å². The molecule has 3 rings (SSSR count). The number of amides is 1. The van der Waals surface area contributed by atoms with Gasteiger partial charge < -0.3 is 19.5 Å². The lowest BCUT2D eigenvalue weighted by molar-refractivity contribution is -0.149. The second kappa shape index (κ2) is 9.89. The Bertz CT molecular complexity index is 653. The second-order valence-electron chi connectivity index (χ2n) is 7.23. The number of hydrogen-bond donors (Lipinski definition) is 1. The van der Waals surface area contributed by atoms with E-state index in [4.69, 9.17) is 14.2 Å². The van der Waals surface area contributed by atoms with Crippen LogP contribution in [0.4, 0.5) is 4.79 Å². The summed E-state index contributed by atoms with van der Waals surface area (Å²) in [6.07, 6.45) is 2.58. The van der Waals surface area contributed by atoms with E-state index in [1.807, 2.05) is 37.3 Å². The molecular weight excluding hydrogens is 360 g/mol. The van der Waals surface area contributed by atoms with E-state index < -0.39 is 12.1 Å². The number of methoxy groups -OCH3 is 1. The fourth-order valence-corrected chi connectivity index (χ4v) is 4.51. The first-order valence-corrected chi connectivity index (χ1v) is 10.1. The molecule has 1 amide bonds. The largest absolute Gasteiger partial charge is 0.465 e. The van der Waals surface area contributed by atoms with Crippen LogP contribution in [0.1, 0.15) is 37.7 Å². The smallest absolute Gasteiger partial charge is 0.407 e. The summed E-state index contributed by atoms with van der Waals surface area (Å²) in [6, 6.07) is 9.37. The van der Waals surface area contributed by atoms with Crippen molar-refractivity contribution in [1.82, 2.24) is 10.2 Å². The lowest BCUT2D eigenvalue weighted by atomic mass is 9.85. The highest BCUT2D eigenvalue weighted by molar-refractivity contribution is 5.79. The van der Waals surface area contributed by atoms with Gasteiger partial charge in [-0.1, -0.05) is 36.8 Å². The molecule has 154 valence electrons. The van der Waals surface area contributed by atoms with E-state index in [-0.39, 0.29) is 30.6 Å². The normalized spacial score (nSPS) is 27.1. The molecule has 0 radical (unpaired) electrons. The summed E-state index contributed by atoms with van der Waals surface area (Å²) in [5.74, 6) is -0.404. The minimum Gasteiger partial charge on any atom is -0.465 e. The molecule has 2 aliphatic heterocycles. The first kappa shape index (κ1) is 20.6. The SMILES string of the molecule is CCOC(=O)[C@@H]1[C@H](c2ccccc2)[C@@H](NC(=O)OCCOC)[C@H]2CCCCN21. The number of nitrogens with one attached hydrogen (secondary N) is 1. The van der Waals surface area contributed by atoms with Gasteiger partial charge in [0.25, 0.3) is 0 Å². The molecule has 1 N–H and O–H groups in total. The summed E-state index contributed by atoms with van der Waals surface area (Å²) < 4.78 is 15.6. The Kier molecular flexibility index (Phi) is 7.28. The lowest BCUT2D eigenvalue weighted by Crippen LogP contribution is -2.49. The van der Waals surface area contributed by atoms with E-state index in [2.05, 4.69) is 10.2 Å². The third-order valence-electron chi connectivity index (χ3n) is 5.61. The van der Waals surface area contributed by atoms with Crippen LogP contribution in [0.15, 0.2) is 30.3 Å². The zero-order chi connectivity index (χ0) is 19.9. The summed E-state index contributed by atoms with van der Waals surface area (Å²) in [4.78, 5) is 27.5. The fraction of sp³-hybridized carbons (Fsp3) is 0.619. The van der Waals surface area contributed by atoms with E-state index in [1.54, 1.807) is 7.11 Å². The van der Waals surface area contributed by atoms with Crippen molar-refractivity contribution in [2.45, 2.75) is 50.2 Å². The van der Waals surface area contributed by atoms with E-state index >= 15 is 0 Å². The summed E-state index contributed by atoms with van der Waals surface area (Å²) >= 11 is 0. The van der Waals surface area contributed by atoms with Gasteiger partial charge in [-0.2, -0.15) is 0 Å². The summed E-state index contributed by atoms with van der Waals surface area (Å²) in [6.45, 7) is 3.53. The van der Waals surface area contributed by atoms with Crippen LogP contribution in [-0.2, 0) is 19.0 Å². The van der Waals surface area contributed by atoms with E-state index in [9.17, 15) is 9.59 Å². The van der Waals surface area contributed by atoms with Crippen LogP contribution in [0.25, 0.3) is 0 Å². The molecule has 2 aliphatic rings. The molecule has 2 saturated heterocycles. The summed E-state index contributed by atoms with van der Waals surface area (Å²) in [5, 5.41) is 3.05. The molecule has 28 heavy (non-hydrogen) atoms. The van der Waals surface area contributed by atoms with Crippen molar-refractivity contribution < 1.29 is 23.8 Å². The molecule has 2 fully saturated rings. The quantitative estimate of drug-likeness (QED) is 0.569. The molecule has 0 saturated carbocycles. The van der Waals surface area contributed by atoms with Crippen LogP contribution in [0, 0.1) is 0 Å². The number of nitrogens with zero attached hydrogens (tertiary/aromatic N) is 1. The zero-order valence-corrected chi connectivity index (χ0v) is 16.6. The van der Waals surface area contributed by atoms with E-state index in [0.29, 0.717) is 13.2 Å². The minimum atomic E-state index is -0.474. The van der Waals surface area contributed by atoms with Crippen LogP contribution < -0.4 is 5.32 Å². The predicted molar refractivity (Wildman–Crippen MR) is 104 cm³/mol. The number of benzene rings is 1. The van der Waals surface area contributed by atoms with Gasteiger partial charge in [-0.05, 0) is 31.9 Å². The molecule has 0 aliphatic carbocycles. The van der Waals surface area contributed by atoms with E-state index in [1.165, 1.54) is 0 Å². The van der Waals surface area contributed by atoms with Crippen LogP contribution in [0.3, 0.4) is 0 Å². The second-order valence-corrected chi connectivity index (χ2v) is 7.23. The maximum absolute atomic E-state index is 12.9. The van der Waals surface area contributed by atoms with Crippen molar-refractivity contribution in [1.29, 1.82) is 0 Å². The number of rotatable bonds is 7. The topological polar surface area (TPSA) is 77.1 Å². The molecule has 7 heteroatoms. The van der Waals surface area contributed by atoms with Gasteiger partial charge in [0.1, 0.15) is 12.6 Å². The van der Waals surface area contributed by atoms with Crippen molar-refractivity contribution in [3.8, 4) is 0 Å². The number of carbonyl (C=O) groups is 2. The molecular formula is C21H30N2O5. The Labute approximate surface area is 166 Å². The third-order valence-corrected chi connectivity index (χ3v) is 5.61. The summed E-state index contributed by atoms with van der Waals surface area (Å²) in [7, 11) is 1.56. The monoisotopic (exact) mass is 390 g/mol. The Balaban J connectivity index is 1.89. The number of alkyl carbamates (subject to hydrolysis) is 1. The molecule has 1 aromatic carbocycles. The third kappa shape index (κ3) is 4.47. The molecule has 4 atom stereocenters. The number of piperidine rings is 1. The predicted octanol–water partition coefficient (Wildman–Crippen LogP) is 2.31. The molecule has 0 aromatic heterocycles. The number of ether oxygens (including phenoxy) is 3. The van der Waals surface area contributed by atoms with Gasteiger partial charge in [-0.25, -0.2) is 4.79 Å². The van der Waals surface area contributed by atoms with Gasteiger partial charge in [0.2, 0.25) is 0 Å². The van der Waals surface area contributed by atoms with Crippen LogP contribution in [0.2, 0.25) is 0 Å². The van der Waals surface area contributed by atoms with Crippen molar-refractivity contribution in [3.63, 3.8) is 0 Å². The zero-order valence-electron chi connectivity index (χ0n) is 16.6. The maximum Gasteiger partial charge on any atom is 0.407 e. The highest BCUT2D eigenvalue weighted by Crippen LogP contribution is 2.42. The first-order chi connectivity index (χ1) is 13.7. The molecule has 7 nitrogen and oxygen atoms in total. The molecule has 2 heterocycles. The van der Waals surface area contributed by atoms with Gasteiger partial charge in [0.15, 0.2) is 0 Å². The standard InChI is InChI=1S/C21H30N2O5/c1-3-27-20(24)19-17(15-9-5-4-6-10-15)18(16-11-7-8-12-23(16)19)22-21(25)28-14-13-26-2/h4-6,9-10,16-19H,3,7-8,11-14H2,1-2H3,(H,22,25)/t16-,17-,18+,19+/m1/s1. The van der Waals surface area contributed by atoms with Gasteiger partial charge in [-0.3, -0.25) is 9.69 Å². The number of hydrogen-bond acceptors (Lipinski definition) is 6. The van der Waals surface area contributed by atoms with Crippen LogP contribution in [0.5, 0.6) is 0 Å². The Morgan fingerprint density at radius 2 is 1.93 bits per heavy atom. The average molecular weight is 390 g/mol. The summed E-state index contributed by atoms with van der Waals surface area (Å²) in [5.41, 5.74) is 1.03. The molecule has 0 spiro atoms.